The Morgan fingerprint density at radius 1 is 1.52 bits per heavy atom. The molecule has 0 aliphatic rings. The van der Waals surface area contributed by atoms with Crippen molar-refractivity contribution in [3.8, 4) is 11.5 Å². The average molecular weight is 429 g/mol. The number of halogens is 1. The number of hydrogen-bond donors (Lipinski definition) is 2. The summed E-state index contributed by atoms with van der Waals surface area (Å²) in [7, 11) is 1.51. The summed E-state index contributed by atoms with van der Waals surface area (Å²) in [5, 5.41) is 6.40. The SMILES string of the molecule is CCOC(=O)COc1c(Br)cc(C=NNc2nc(N)cs2)cc1OC. The lowest BCUT2D eigenvalue weighted by Gasteiger charge is -2.12. The Balaban J connectivity index is 2.08. The van der Waals surface area contributed by atoms with Gasteiger partial charge < -0.3 is 19.9 Å². The van der Waals surface area contributed by atoms with Crippen molar-refractivity contribution < 1.29 is 19.0 Å². The lowest BCUT2D eigenvalue weighted by atomic mass is 10.2. The zero-order valence-electron chi connectivity index (χ0n) is 13.6. The lowest BCUT2D eigenvalue weighted by molar-refractivity contribution is -0.145. The van der Waals surface area contributed by atoms with Gasteiger partial charge in [0.1, 0.15) is 5.82 Å². The van der Waals surface area contributed by atoms with Crippen LogP contribution in [0.1, 0.15) is 12.5 Å². The van der Waals surface area contributed by atoms with Gasteiger partial charge in [-0.15, -0.1) is 11.3 Å². The first-order valence-corrected chi connectivity index (χ1v) is 8.86. The fourth-order valence-corrected chi connectivity index (χ4v) is 2.91. The van der Waals surface area contributed by atoms with Crippen molar-refractivity contribution in [1.82, 2.24) is 4.98 Å². The van der Waals surface area contributed by atoms with Gasteiger partial charge in [0.2, 0.25) is 5.13 Å². The normalized spacial score (nSPS) is 10.7. The van der Waals surface area contributed by atoms with Gasteiger partial charge in [0.15, 0.2) is 18.1 Å². The maximum Gasteiger partial charge on any atom is 0.344 e. The van der Waals surface area contributed by atoms with Crippen LogP contribution >= 0.6 is 27.3 Å². The molecule has 2 aromatic rings. The van der Waals surface area contributed by atoms with E-state index in [1.165, 1.54) is 18.4 Å². The molecule has 0 aliphatic carbocycles. The van der Waals surface area contributed by atoms with Gasteiger partial charge in [0.25, 0.3) is 0 Å². The number of ether oxygens (including phenoxy) is 3. The number of aromatic nitrogens is 1. The molecule has 0 saturated carbocycles. The zero-order valence-corrected chi connectivity index (χ0v) is 16.0. The van der Waals surface area contributed by atoms with Gasteiger partial charge in [-0.1, -0.05) is 0 Å². The molecule has 0 atom stereocenters. The molecule has 0 aliphatic heterocycles. The second-order valence-electron chi connectivity index (χ2n) is 4.58. The highest BCUT2D eigenvalue weighted by Crippen LogP contribution is 2.36. The van der Waals surface area contributed by atoms with E-state index in [1.54, 1.807) is 30.7 Å². The predicted molar refractivity (Wildman–Crippen MR) is 101 cm³/mol. The van der Waals surface area contributed by atoms with Crippen LogP contribution in [0, 0.1) is 0 Å². The Labute approximate surface area is 157 Å². The third-order valence-corrected chi connectivity index (χ3v) is 4.14. The molecule has 25 heavy (non-hydrogen) atoms. The van der Waals surface area contributed by atoms with Gasteiger partial charge in [-0.2, -0.15) is 5.10 Å². The molecule has 8 nitrogen and oxygen atoms in total. The Morgan fingerprint density at radius 2 is 2.32 bits per heavy atom. The molecule has 134 valence electrons. The number of hydrazone groups is 1. The van der Waals surface area contributed by atoms with E-state index in [4.69, 9.17) is 19.9 Å². The number of rotatable bonds is 8. The summed E-state index contributed by atoms with van der Waals surface area (Å²) >= 11 is 4.75. The minimum atomic E-state index is -0.450. The number of nitrogens with one attached hydrogen (secondary N) is 1. The van der Waals surface area contributed by atoms with Crippen LogP contribution in [-0.4, -0.2) is 37.5 Å². The standard InChI is InChI=1S/C15H17BrN4O4S/c1-3-23-13(21)7-24-14-10(16)4-9(5-11(14)22-2)6-18-20-15-19-12(17)8-25-15/h4-6,8H,3,7,17H2,1-2H3,(H,19,20). The largest absolute Gasteiger partial charge is 0.493 e. The third kappa shape index (κ3) is 5.61. The summed E-state index contributed by atoms with van der Waals surface area (Å²) < 4.78 is 16.2. The quantitative estimate of drug-likeness (QED) is 0.377. The minimum Gasteiger partial charge on any atom is -0.493 e. The van der Waals surface area contributed by atoms with Gasteiger partial charge in [-0.25, -0.2) is 9.78 Å². The number of nitrogens with zero attached hydrogens (tertiary/aromatic N) is 2. The fraction of sp³-hybridized carbons (Fsp3) is 0.267. The molecule has 0 fully saturated rings. The number of carbonyl (C=O) groups is 1. The molecule has 3 N–H and O–H groups in total. The van der Waals surface area contributed by atoms with E-state index < -0.39 is 5.97 Å². The van der Waals surface area contributed by atoms with Crippen molar-refractivity contribution in [1.29, 1.82) is 0 Å². The molecule has 0 amide bonds. The molecule has 2 rings (SSSR count). The summed E-state index contributed by atoms with van der Waals surface area (Å²) in [6, 6.07) is 3.51. The number of nitrogens with two attached hydrogens (primary N) is 1. The lowest BCUT2D eigenvalue weighted by Crippen LogP contribution is -2.15. The van der Waals surface area contributed by atoms with Gasteiger partial charge in [-0.05, 0) is 40.5 Å². The van der Waals surface area contributed by atoms with Crippen molar-refractivity contribution in [2.75, 3.05) is 31.5 Å². The van der Waals surface area contributed by atoms with Crippen LogP contribution in [0.3, 0.4) is 0 Å². The molecule has 1 aromatic carbocycles. The van der Waals surface area contributed by atoms with Crippen LogP contribution in [0.25, 0.3) is 0 Å². The molecule has 1 aromatic heterocycles. The van der Waals surface area contributed by atoms with E-state index in [9.17, 15) is 4.79 Å². The van der Waals surface area contributed by atoms with Crippen LogP contribution < -0.4 is 20.6 Å². The number of esters is 1. The maximum absolute atomic E-state index is 11.4. The molecule has 0 spiro atoms. The van der Waals surface area contributed by atoms with Crippen LogP contribution in [0.5, 0.6) is 11.5 Å². The first-order chi connectivity index (χ1) is 12.0. The third-order valence-electron chi connectivity index (χ3n) is 2.79. The van der Waals surface area contributed by atoms with E-state index in [0.29, 0.717) is 33.5 Å². The molecular formula is C15H17BrN4O4S. The molecule has 0 unspecified atom stereocenters. The number of benzene rings is 1. The second-order valence-corrected chi connectivity index (χ2v) is 6.29. The molecule has 0 bridgehead atoms. The summed E-state index contributed by atoms with van der Waals surface area (Å²) in [6.45, 7) is 1.83. The summed E-state index contributed by atoms with van der Waals surface area (Å²) in [4.78, 5) is 15.5. The molecule has 10 heteroatoms. The predicted octanol–water partition coefficient (Wildman–Crippen LogP) is 2.88. The highest BCUT2D eigenvalue weighted by atomic mass is 79.9. The monoisotopic (exact) mass is 428 g/mol. The summed E-state index contributed by atoms with van der Waals surface area (Å²) in [5.41, 5.74) is 9.08. The number of carbonyl (C=O) groups excluding carboxylic acids is 1. The molecule has 0 radical (unpaired) electrons. The number of anilines is 2. The maximum atomic E-state index is 11.4. The summed E-state index contributed by atoms with van der Waals surface area (Å²) in [5.74, 6) is 0.858. The second kappa shape index (κ2) is 9.23. The van der Waals surface area contributed by atoms with Crippen LogP contribution in [0.2, 0.25) is 0 Å². The topological polar surface area (TPSA) is 108 Å². The van der Waals surface area contributed by atoms with E-state index in [2.05, 4.69) is 31.4 Å². The van der Waals surface area contributed by atoms with Crippen molar-refractivity contribution in [2.45, 2.75) is 6.92 Å². The average Bonchev–Trinajstić information content (AvgIpc) is 2.99. The molecule has 0 saturated heterocycles. The van der Waals surface area contributed by atoms with Gasteiger partial charge in [-0.3, -0.25) is 5.43 Å². The van der Waals surface area contributed by atoms with Gasteiger partial charge >= 0.3 is 5.97 Å². The smallest absolute Gasteiger partial charge is 0.344 e. The zero-order chi connectivity index (χ0) is 18.2. The highest BCUT2D eigenvalue weighted by molar-refractivity contribution is 9.10. The van der Waals surface area contributed by atoms with E-state index >= 15 is 0 Å². The van der Waals surface area contributed by atoms with Crippen LogP contribution in [-0.2, 0) is 9.53 Å². The van der Waals surface area contributed by atoms with Gasteiger partial charge in [0.05, 0.1) is 24.4 Å². The van der Waals surface area contributed by atoms with Crippen LogP contribution in [0.4, 0.5) is 10.9 Å². The van der Waals surface area contributed by atoms with Crippen molar-refractivity contribution in [3.05, 3.63) is 27.5 Å². The van der Waals surface area contributed by atoms with Crippen LogP contribution in [0.15, 0.2) is 27.1 Å². The molecule has 1 heterocycles. The van der Waals surface area contributed by atoms with E-state index in [-0.39, 0.29) is 6.61 Å². The van der Waals surface area contributed by atoms with E-state index in [0.717, 1.165) is 5.56 Å². The van der Waals surface area contributed by atoms with Crippen molar-refractivity contribution in [2.24, 2.45) is 5.10 Å². The van der Waals surface area contributed by atoms with Crippen molar-refractivity contribution in [3.63, 3.8) is 0 Å². The minimum absolute atomic E-state index is 0.205. The van der Waals surface area contributed by atoms with Gasteiger partial charge in [0, 0.05) is 5.38 Å². The number of nitrogen functional groups attached to an aromatic ring is 1. The fourth-order valence-electron chi connectivity index (χ4n) is 1.79. The Morgan fingerprint density at radius 3 is 2.96 bits per heavy atom. The number of hydrogen-bond acceptors (Lipinski definition) is 9. The first-order valence-electron chi connectivity index (χ1n) is 7.19. The first kappa shape index (κ1) is 19.0. The Bertz CT molecular complexity index is 766. The van der Waals surface area contributed by atoms with E-state index in [1.807, 2.05) is 0 Å². The Kier molecular flexibility index (Phi) is 7.02. The summed E-state index contributed by atoms with van der Waals surface area (Å²) in [6.07, 6.45) is 1.60. The number of thiazole rings is 1. The highest BCUT2D eigenvalue weighted by Gasteiger charge is 2.13. The van der Waals surface area contributed by atoms with Crippen molar-refractivity contribution >= 4 is 50.4 Å². The molecular weight excluding hydrogens is 412 g/mol. The Hall–Kier alpha value is -2.33. The number of methoxy groups -OCH3 is 1.